The van der Waals surface area contributed by atoms with Crippen molar-refractivity contribution in [3.8, 4) is 11.4 Å². The Balaban J connectivity index is 1.28. The van der Waals surface area contributed by atoms with Gasteiger partial charge in [0.1, 0.15) is 11.9 Å². The number of hydrogen-bond acceptors (Lipinski definition) is 4. The first-order chi connectivity index (χ1) is 14.6. The van der Waals surface area contributed by atoms with Crippen molar-refractivity contribution in [3.05, 3.63) is 36.0 Å². The van der Waals surface area contributed by atoms with E-state index in [0.717, 1.165) is 68.4 Å². The number of piperidine rings is 1. The molecule has 0 spiro atoms. The van der Waals surface area contributed by atoms with E-state index in [1.54, 1.807) is 12.1 Å². The zero-order valence-corrected chi connectivity index (χ0v) is 17.2. The number of benzene rings is 1. The van der Waals surface area contributed by atoms with Crippen LogP contribution in [-0.4, -0.2) is 27.5 Å². The third-order valence-electron chi connectivity index (χ3n) is 8.08. The molecule has 1 saturated heterocycles. The van der Waals surface area contributed by atoms with Crippen molar-refractivity contribution in [2.45, 2.75) is 63.8 Å². The number of likely N-dealkylation sites (tertiary alicyclic amines) is 1. The second-order valence-electron chi connectivity index (χ2n) is 10.2. The molecule has 2 aromatic rings. The van der Waals surface area contributed by atoms with Crippen LogP contribution in [0.5, 0.6) is 0 Å². The van der Waals surface area contributed by atoms with Gasteiger partial charge in [-0.3, -0.25) is 4.79 Å². The van der Waals surface area contributed by atoms with Crippen molar-refractivity contribution >= 4 is 5.91 Å². The number of halogens is 1. The van der Waals surface area contributed by atoms with Crippen LogP contribution in [0.2, 0.25) is 0 Å². The predicted octanol–water partition coefficient (Wildman–Crippen LogP) is 5.15. The highest BCUT2D eigenvalue weighted by Gasteiger charge is 2.56. The molecule has 30 heavy (non-hydrogen) atoms. The fraction of sp³-hybridized carbons (Fsp3) is 0.625. The fourth-order valence-corrected chi connectivity index (χ4v) is 7.20. The highest BCUT2D eigenvalue weighted by Crippen LogP contribution is 2.61. The monoisotopic (exact) mass is 409 g/mol. The summed E-state index contributed by atoms with van der Waals surface area (Å²) in [7, 11) is 0. The molecular formula is C24H28FN3O2. The summed E-state index contributed by atoms with van der Waals surface area (Å²) in [4.78, 5) is 20.6. The third-order valence-corrected chi connectivity index (χ3v) is 8.08. The number of rotatable bonds is 3. The van der Waals surface area contributed by atoms with Crippen LogP contribution in [-0.2, 0) is 4.79 Å². The minimum absolute atomic E-state index is 0.138. The molecule has 1 aliphatic heterocycles. The van der Waals surface area contributed by atoms with Crippen LogP contribution in [0.25, 0.3) is 11.4 Å². The minimum atomic E-state index is -0.290. The third kappa shape index (κ3) is 2.98. The normalized spacial score (nSPS) is 35.0. The zero-order chi connectivity index (χ0) is 20.3. The number of nitrogens with zero attached hydrogens (tertiary/aromatic N) is 3. The Bertz CT molecular complexity index is 918. The van der Waals surface area contributed by atoms with Gasteiger partial charge in [0.25, 0.3) is 0 Å². The van der Waals surface area contributed by atoms with E-state index < -0.39 is 0 Å². The Kier molecular flexibility index (Phi) is 4.26. The molecule has 4 aliphatic carbocycles. The molecular weight excluding hydrogens is 381 g/mol. The van der Waals surface area contributed by atoms with Crippen molar-refractivity contribution in [2.75, 3.05) is 6.54 Å². The second kappa shape index (κ2) is 6.89. The van der Waals surface area contributed by atoms with Crippen LogP contribution in [0.3, 0.4) is 0 Å². The summed E-state index contributed by atoms with van der Waals surface area (Å²) in [5.74, 6) is 3.27. The molecule has 5 aliphatic rings. The molecule has 1 aromatic heterocycles. The number of aromatic nitrogens is 2. The SMILES string of the molecule is O=C(N1CCCCC1c1nc(-c2ccc(F)cc2)no1)C12CC3CC(CC(C3)C1)C2. The summed E-state index contributed by atoms with van der Waals surface area (Å²) >= 11 is 0. The Morgan fingerprint density at radius 2 is 1.70 bits per heavy atom. The van der Waals surface area contributed by atoms with Crippen LogP contribution >= 0.6 is 0 Å². The van der Waals surface area contributed by atoms with Crippen LogP contribution in [0.15, 0.2) is 28.8 Å². The van der Waals surface area contributed by atoms with Gasteiger partial charge in [-0.2, -0.15) is 4.98 Å². The molecule has 1 aromatic carbocycles. The quantitative estimate of drug-likeness (QED) is 0.704. The lowest BCUT2D eigenvalue weighted by molar-refractivity contribution is -0.162. The maximum absolute atomic E-state index is 13.9. The van der Waals surface area contributed by atoms with Gasteiger partial charge in [-0.25, -0.2) is 4.39 Å². The maximum atomic E-state index is 13.9. The molecule has 4 saturated carbocycles. The minimum Gasteiger partial charge on any atom is -0.337 e. The number of carbonyl (C=O) groups is 1. The highest BCUT2D eigenvalue weighted by atomic mass is 19.1. The molecule has 0 radical (unpaired) electrons. The van der Waals surface area contributed by atoms with Crippen molar-refractivity contribution in [2.24, 2.45) is 23.2 Å². The Morgan fingerprint density at radius 3 is 2.37 bits per heavy atom. The van der Waals surface area contributed by atoms with Gasteiger partial charge in [-0.15, -0.1) is 0 Å². The molecule has 1 unspecified atom stereocenters. The fourth-order valence-electron chi connectivity index (χ4n) is 7.20. The number of amides is 1. The van der Waals surface area contributed by atoms with Crippen LogP contribution in [0.1, 0.15) is 69.7 Å². The van der Waals surface area contributed by atoms with Crippen LogP contribution < -0.4 is 0 Å². The van der Waals surface area contributed by atoms with E-state index in [2.05, 4.69) is 15.0 Å². The molecule has 1 amide bonds. The first-order valence-corrected chi connectivity index (χ1v) is 11.5. The Labute approximate surface area is 176 Å². The van der Waals surface area contributed by atoms with Crippen molar-refractivity contribution in [3.63, 3.8) is 0 Å². The van der Waals surface area contributed by atoms with Gasteiger partial charge in [-0.05, 0) is 99.8 Å². The zero-order valence-electron chi connectivity index (χ0n) is 17.2. The molecule has 4 bridgehead atoms. The summed E-state index contributed by atoms with van der Waals surface area (Å²) in [6.45, 7) is 0.777. The van der Waals surface area contributed by atoms with Crippen molar-refractivity contribution in [1.82, 2.24) is 15.0 Å². The molecule has 2 heterocycles. The van der Waals surface area contributed by atoms with Crippen molar-refractivity contribution < 1.29 is 13.7 Å². The first kappa shape index (κ1) is 18.5. The lowest BCUT2D eigenvalue weighted by Gasteiger charge is -2.57. The van der Waals surface area contributed by atoms with Crippen LogP contribution in [0.4, 0.5) is 4.39 Å². The summed E-state index contributed by atoms with van der Waals surface area (Å²) < 4.78 is 18.9. The van der Waals surface area contributed by atoms with E-state index in [-0.39, 0.29) is 17.3 Å². The van der Waals surface area contributed by atoms with Gasteiger partial charge in [0.05, 0.1) is 5.41 Å². The van der Waals surface area contributed by atoms with Gasteiger partial charge in [0, 0.05) is 12.1 Å². The number of carbonyl (C=O) groups excluding carboxylic acids is 1. The number of hydrogen-bond donors (Lipinski definition) is 0. The van der Waals surface area contributed by atoms with Gasteiger partial charge >= 0.3 is 0 Å². The molecule has 6 heteroatoms. The van der Waals surface area contributed by atoms with Crippen molar-refractivity contribution in [1.29, 1.82) is 0 Å². The largest absolute Gasteiger partial charge is 0.337 e. The van der Waals surface area contributed by atoms with Gasteiger partial charge < -0.3 is 9.42 Å². The maximum Gasteiger partial charge on any atom is 0.249 e. The lowest BCUT2D eigenvalue weighted by atomic mass is 9.49. The summed E-state index contributed by atoms with van der Waals surface area (Å²) in [6, 6.07) is 5.97. The van der Waals surface area contributed by atoms with Gasteiger partial charge in [0.15, 0.2) is 0 Å². The summed E-state index contributed by atoms with van der Waals surface area (Å²) in [5.41, 5.74) is 0.575. The Morgan fingerprint density at radius 1 is 1.03 bits per heavy atom. The van der Waals surface area contributed by atoms with E-state index >= 15 is 0 Å². The average Bonchev–Trinajstić information content (AvgIpc) is 3.23. The topological polar surface area (TPSA) is 59.2 Å². The Hall–Kier alpha value is -2.24. The predicted molar refractivity (Wildman–Crippen MR) is 109 cm³/mol. The lowest BCUT2D eigenvalue weighted by Crippen LogP contribution is -2.55. The molecule has 7 rings (SSSR count). The van der Waals surface area contributed by atoms with E-state index in [4.69, 9.17) is 4.52 Å². The molecule has 5 fully saturated rings. The van der Waals surface area contributed by atoms with E-state index in [0.29, 0.717) is 17.6 Å². The highest BCUT2D eigenvalue weighted by molar-refractivity contribution is 5.83. The van der Waals surface area contributed by atoms with E-state index in [1.807, 2.05) is 0 Å². The molecule has 1 atom stereocenters. The summed E-state index contributed by atoms with van der Waals surface area (Å²) in [5, 5.41) is 4.13. The van der Waals surface area contributed by atoms with E-state index in [1.165, 1.54) is 31.4 Å². The standard InChI is InChI=1S/C24H28FN3O2/c25-19-6-4-18(5-7-19)21-26-22(30-27-21)20-3-1-2-8-28(20)23(29)24-12-15-9-16(13-24)11-17(10-15)14-24/h4-7,15-17,20H,1-3,8-14H2. The smallest absolute Gasteiger partial charge is 0.249 e. The van der Waals surface area contributed by atoms with Gasteiger partial charge in [0.2, 0.25) is 17.6 Å². The summed E-state index contributed by atoms with van der Waals surface area (Å²) in [6.07, 6.45) is 10.2. The second-order valence-corrected chi connectivity index (χ2v) is 10.2. The average molecular weight is 410 g/mol. The van der Waals surface area contributed by atoms with E-state index in [9.17, 15) is 9.18 Å². The molecule has 0 N–H and O–H groups in total. The van der Waals surface area contributed by atoms with Crippen LogP contribution in [0, 0.1) is 29.0 Å². The molecule has 158 valence electrons. The first-order valence-electron chi connectivity index (χ1n) is 11.5. The molecule has 5 nitrogen and oxygen atoms in total. The van der Waals surface area contributed by atoms with Gasteiger partial charge in [-0.1, -0.05) is 5.16 Å².